The van der Waals surface area contributed by atoms with E-state index >= 15 is 0 Å². The summed E-state index contributed by atoms with van der Waals surface area (Å²) in [6.07, 6.45) is 0. The van der Waals surface area contributed by atoms with Gasteiger partial charge < -0.3 is 10.4 Å². The summed E-state index contributed by atoms with van der Waals surface area (Å²) in [5.74, 6) is -0.309. The fraction of sp³-hybridized carbons (Fsp3) is 0.200. The number of carbonyl (C=O) groups is 2. The Morgan fingerprint density at radius 2 is 1.86 bits per heavy atom. The fourth-order valence-corrected chi connectivity index (χ4v) is 4.35. The van der Waals surface area contributed by atoms with Crippen LogP contribution in [0.25, 0.3) is 0 Å². The number of carbonyl (C=O) groups excluding carboxylic acids is 2. The largest absolute Gasteiger partial charge is 0.508 e. The molecule has 2 aliphatic rings. The second kappa shape index (κ2) is 7.53. The smallest absolute Gasteiger partial charge is 0.276 e. The number of phenols is 1. The number of phenolic OH excluding ortho intramolecular Hbond substituents is 1. The Bertz CT molecular complexity index is 1070. The van der Waals surface area contributed by atoms with Crippen LogP contribution in [0.3, 0.4) is 0 Å². The maximum Gasteiger partial charge on any atom is 0.276 e. The van der Waals surface area contributed by atoms with Crippen molar-refractivity contribution < 1.29 is 14.7 Å². The molecule has 9 heteroatoms. The first kappa shape index (κ1) is 19.5. The molecule has 29 heavy (non-hydrogen) atoms. The number of aromatic hydroxyl groups is 1. The van der Waals surface area contributed by atoms with Gasteiger partial charge in [0, 0.05) is 10.6 Å². The number of hydrogen-bond donors (Lipinski definition) is 2. The summed E-state index contributed by atoms with van der Waals surface area (Å²) in [5.41, 5.74) is 1.89. The molecule has 1 saturated heterocycles. The zero-order valence-electron chi connectivity index (χ0n) is 15.6. The number of halogens is 1. The summed E-state index contributed by atoms with van der Waals surface area (Å²) in [7, 11) is 0. The van der Waals surface area contributed by atoms with E-state index in [0.717, 1.165) is 0 Å². The zero-order chi connectivity index (χ0) is 20.7. The van der Waals surface area contributed by atoms with Crippen LogP contribution in [0, 0.1) is 5.92 Å². The number of benzene rings is 2. The SMILES string of the molecule is CC(C)C1S/C(=N/N=C2\C(=O)Nc3ccc(Cl)cc32)N(c2ccc(O)cc2)C1=O. The zero-order valence-corrected chi connectivity index (χ0v) is 17.2. The molecule has 0 aromatic heterocycles. The van der Waals surface area contributed by atoms with Crippen molar-refractivity contribution in [3.8, 4) is 5.75 Å². The van der Waals surface area contributed by atoms with E-state index in [1.54, 1.807) is 30.3 Å². The van der Waals surface area contributed by atoms with Gasteiger partial charge in [-0.3, -0.25) is 14.5 Å². The summed E-state index contributed by atoms with van der Waals surface area (Å²) in [6.45, 7) is 3.92. The van der Waals surface area contributed by atoms with Crippen LogP contribution in [-0.4, -0.2) is 33.1 Å². The molecule has 1 atom stereocenters. The van der Waals surface area contributed by atoms with Gasteiger partial charge in [0.25, 0.3) is 5.91 Å². The third-order valence-electron chi connectivity index (χ3n) is 4.54. The molecule has 0 aliphatic carbocycles. The van der Waals surface area contributed by atoms with E-state index in [2.05, 4.69) is 15.5 Å². The Labute approximate surface area is 176 Å². The lowest BCUT2D eigenvalue weighted by Crippen LogP contribution is -2.33. The van der Waals surface area contributed by atoms with Crippen LogP contribution >= 0.6 is 23.4 Å². The Balaban J connectivity index is 1.75. The van der Waals surface area contributed by atoms with Crippen molar-refractivity contribution in [2.75, 3.05) is 10.2 Å². The molecule has 0 saturated carbocycles. The number of rotatable bonds is 3. The molecular weight excluding hydrogens is 412 g/mol. The highest BCUT2D eigenvalue weighted by Crippen LogP contribution is 2.36. The van der Waals surface area contributed by atoms with Crippen molar-refractivity contribution >= 4 is 57.4 Å². The first-order valence-electron chi connectivity index (χ1n) is 8.91. The van der Waals surface area contributed by atoms with Gasteiger partial charge in [-0.2, -0.15) is 0 Å². The van der Waals surface area contributed by atoms with E-state index < -0.39 is 0 Å². The van der Waals surface area contributed by atoms with Gasteiger partial charge in [-0.25, -0.2) is 0 Å². The van der Waals surface area contributed by atoms with Crippen LogP contribution in [0.2, 0.25) is 5.02 Å². The molecule has 2 N–H and O–H groups in total. The van der Waals surface area contributed by atoms with Crippen LogP contribution in [0.5, 0.6) is 5.75 Å². The first-order valence-corrected chi connectivity index (χ1v) is 10.2. The number of anilines is 2. The topological polar surface area (TPSA) is 94.4 Å². The first-order chi connectivity index (χ1) is 13.8. The van der Waals surface area contributed by atoms with E-state index in [-0.39, 0.29) is 34.4 Å². The van der Waals surface area contributed by atoms with Crippen LogP contribution in [0.4, 0.5) is 11.4 Å². The third kappa shape index (κ3) is 3.61. The summed E-state index contributed by atoms with van der Waals surface area (Å²) in [5, 5.41) is 21.2. The predicted molar refractivity (Wildman–Crippen MR) is 116 cm³/mol. The highest BCUT2D eigenvalue weighted by atomic mass is 35.5. The molecule has 2 aromatic rings. The second-order valence-corrected chi connectivity index (χ2v) is 8.49. The lowest BCUT2D eigenvalue weighted by atomic mass is 10.1. The van der Waals surface area contributed by atoms with Gasteiger partial charge in [0.2, 0.25) is 5.91 Å². The van der Waals surface area contributed by atoms with E-state index in [1.165, 1.54) is 28.8 Å². The van der Waals surface area contributed by atoms with Gasteiger partial charge in [0.1, 0.15) is 5.75 Å². The van der Waals surface area contributed by atoms with Crippen molar-refractivity contribution in [3.63, 3.8) is 0 Å². The molecule has 2 aromatic carbocycles. The molecule has 4 rings (SSSR count). The van der Waals surface area contributed by atoms with Crippen molar-refractivity contribution in [1.82, 2.24) is 0 Å². The summed E-state index contributed by atoms with van der Waals surface area (Å²) >= 11 is 7.35. The summed E-state index contributed by atoms with van der Waals surface area (Å²) < 4.78 is 0. The number of amidine groups is 1. The minimum atomic E-state index is -0.377. The molecule has 1 fully saturated rings. The molecular formula is C20H17ClN4O3S. The predicted octanol–water partition coefficient (Wildman–Crippen LogP) is 3.86. The van der Waals surface area contributed by atoms with Crippen molar-refractivity contribution in [3.05, 3.63) is 53.1 Å². The molecule has 2 amide bonds. The van der Waals surface area contributed by atoms with Crippen molar-refractivity contribution in [1.29, 1.82) is 0 Å². The van der Waals surface area contributed by atoms with Crippen molar-refractivity contribution in [2.45, 2.75) is 19.1 Å². The Hall–Kier alpha value is -2.84. The monoisotopic (exact) mass is 428 g/mol. The molecule has 2 aliphatic heterocycles. The van der Waals surface area contributed by atoms with E-state index in [0.29, 0.717) is 27.1 Å². The van der Waals surface area contributed by atoms with E-state index in [9.17, 15) is 14.7 Å². The van der Waals surface area contributed by atoms with Gasteiger partial charge >= 0.3 is 0 Å². The van der Waals surface area contributed by atoms with Gasteiger partial charge in [0.15, 0.2) is 10.9 Å². The average molecular weight is 429 g/mol. The van der Waals surface area contributed by atoms with Gasteiger partial charge in [-0.05, 0) is 48.4 Å². The lowest BCUT2D eigenvalue weighted by molar-refractivity contribution is -0.117. The highest BCUT2D eigenvalue weighted by Gasteiger charge is 2.41. The molecule has 148 valence electrons. The summed E-state index contributed by atoms with van der Waals surface area (Å²) in [4.78, 5) is 26.7. The van der Waals surface area contributed by atoms with Crippen LogP contribution in [-0.2, 0) is 9.59 Å². The number of thioether (sulfide) groups is 1. The second-order valence-electron chi connectivity index (χ2n) is 6.95. The standard InChI is InChI=1S/C20H17ClN4O3S/c1-10(2)17-19(28)25(12-4-6-13(26)7-5-12)20(29-17)24-23-16-14-9-11(21)3-8-15(14)22-18(16)27/h3-10,17,26H,1-2H3,(H,22,23,27)/b24-20+. The third-order valence-corrected chi connectivity index (χ3v) is 6.25. The Morgan fingerprint density at radius 1 is 1.14 bits per heavy atom. The normalized spacial score (nSPS) is 21.4. The summed E-state index contributed by atoms with van der Waals surface area (Å²) in [6, 6.07) is 11.3. The van der Waals surface area contributed by atoms with E-state index in [1.807, 2.05) is 13.8 Å². The number of nitrogens with zero attached hydrogens (tertiary/aromatic N) is 3. The van der Waals surface area contributed by atoms with Gasteiger partial charge in [-0.1, -0.05) is 37.2 Å². The number of nitrogens with one attached hydrogen (secondary N) is 1. The minimum absolute atomic E-state index is 0.0850. The van der Waals surface area contributed by atoms with Crippen LogP contribution < -0.4 is 10.2 Å². The van der Waals surface area contributed by atoms with Crippen LogP contribution in [0.15, 0.2) is 52.7 Å². The number of hydrogen-bond acceptors (Lipinski definition) is 6. The molecule has 7 nitrogen and oxygen atoms in total. The Morgan fingerprint density at radius 3 is 2.55 bits per heavy atom. The van der Waals surface area contributed by atoms with Crippen molar-refractivity contribution in [2.24, 2.45) is 16.1 Å². The molecule has 1 unspecified atom stereocenters. The number of fused-ring (bicyclic) bond motifs is 1. The number of amides is 2. The van der Waals surface area contributed by atoms with Gasteiger partial charge in [0.05, 0.1) is 16.6 Å². The maximum absolute atomic E-state index is 13.0. The van der Waals surface area contributed by atoms with Gasteiger partial charge in [-0.15, -0.1) is 10.2 Å². The quantitative estimate of drug-likeness (QED) is 0.725. The Kier molecular flexibility index (Phi) is 5.06. The maximum atomic E-state index is 13.0. The van der Waals surface area contributed by atoms with E-state index in [4.69, 9.17) is 11.6 Å². The molecule has 2 heterocycles. The molecule has 0 radical (unpaired) electrons. The lowest BCUT2D eigenvalue weighted by Gasteiger charge is -2.16. The average Bonchev–Trinajstić information content (AvgIpc) is 3.17. The fourth-order valence-electron chi connectivity index (χ4n) is 3.08. The molecule has 0 spiro atoms. The van der Waals surface area contributed by atoms with Crippen LogP contribution in [0.1, 0.15) is 19.4 Å². The molecule has 0 bridgehead atoms. The highest BCUT2D eigenvalue weighted by molar-refractivity contribution is 8.16. The minimum Gasteiger partial charge on any atom is -0.508 e.